The van der Waals surface area contributed by atoms with Gasteiger partial charge in [0.1, 0.15) is 11.5 Å². The number of nitrogens with zero attached hydrogens (tertiary/aromatic N) is 1. The number of hydrogen-bond donors (Lipinski definition) is 3. The van der Waals surface area contributed by atoms with Gasteiger partial charge in [0.2, 0.25) is 0 Å². The highest BCUT2D eigenvalue weighted by atomic mass is 16.2. The third kappa shape index (κ3) is 0.778. The molecule has 2 rings (SSSR count). The second-order valence-corrected chi connectivity index (χ2v) is 2.18. The Labute approximate surface area is 62.5 Å². The number of fused-ring (bicyclic) bond motifs is 1. The van der Waals surface area contributed by atoms with Gasteiger partial charge < -0.3 is 15.6 Å². The average Bonchev–Trinajstić information content (AvgIpc) is 2.34. The lowest BCUT2D eigenvalue weighted by atomic mass is 10.3. The Morgan fingerprint density at radius 2 is 2.27 bits per heavy atom. The van der Waals surface area contributed by atoms with Crippen LogP contribution in [0.1, 0.15) is 10.5 Å². The van der Waals surface area contributed by atoms with Crippen LogP contribution >= 0.6 is 0 Å². The lowest BCUT2D eigenvalue weighted by Crippen LogP contribution is -2.32. The molecular weight excluding hydrogens is 144 g/mol. The number of nitrogens with one attached hydrogen (secondary N) is 3. The molecular formula is C6H6N4O. The highest BCUT2D eigenvalue weighted by molar-refractivity contribution is 6.00. The normalized spacial score (nSPS) is 15.3. The molecule has 1 amide bonds. The molecule has 0 saturated carbocycles. The first-order valence-electron chi connectivity index (χ1n) is 3.08. The minimum Gasteiger partial charge on any atom is -0.339 e. The third-order valence-corrected chi connectivity index (χ3v) is 1.40. The summed E-state index contributed by atoms with van der Waals surface area (Å²) in [6.45, 7) is 3.55. The molecule has 0 spiro atoms. The van der Waals surface area contributed by atoms with Gasteiger partial charge in [-0.15, -0.1) is 0 Å². The molecule has 5 nitrogen and oxygen atoms in total. The van der Waals surface area contributed by atoms with Gasteiger partial charge in [0.05, 0.1) is 6.33 Å². The number of carbonyl (C=O) groups is 1. The number of amides is 1. The number of imidazole rings is 1. The predicted molar refractivity (Wildman–Crippen MR) is 38.8 cm³/mol. The van der Waals surface area contributed by atoms with Gasteiger partial charge in [-0.1, -0.05) is 6.58 Å². The van der Waals surface area contributed by atoms with Gasteiger partial charge in [0.25, 0.3) is 5.91 Å². The zero-order chi connectivity index (χ0) is 7.84. The number of H-pyrrole nitrogens is 1. The van der Waals surface area contributed by atoms with Crippen LogP contribution in [-0.2, 0) is 0 Å². The van der Waals surface area contributed by atoms with Crippen LogP contribution in [0, 0.1) is 0 Å². The van der Waals surface area contributed by atoms with Crippen molar-refractivity contribution in [3.8, 4) is 0 Å². The first-order valence-corrected chi connectivity index (χ1v) is 3.08. The molecule has 2 heterocycles. The lowest BCUT2D eigenvalue weighted by molar-refractivity contribution is 0.0959. The zero-order valence-electron chi connectivity index (χ0n) is 5.64. The Morgan fingerprint density at radius 3 is 3.09 bits per heavy atom. The summed E-state index contributed by atoms with van der Waals surface area (Å²) in [5, 5.41) is 5.31. The molecule has 0 fully saturated rings. The van der Waals surface area contributed by atoms with Crippen molar-refractivity contribution in [2.24, 2.45) is 0 Å². The maximum atomic E-state index is 11.1. The molecule has 11 heavy (non-hydrogen) atoms. The predicted octanol–water partition coefficient (Wildman–Crippen LogP) is 0.0362. The summed E-state index contributed by atoms with van der Waals surface area (Å²) >= 11 is 0. The number of aromatic amines is 1. The Morgan fingerprint density at radius 1 is 1.45 bits per heavy atom. The van der Waals surface area contributed by atoms with E-state index in [9.17, 15) is 4.79 Å². The van der Waals surface area contributed by atoms with E-state index in [0.717, 1.165) is 0 Å². The second-order valence-electron chi connectivity index (χ2n) is 2.18. The Kier molecular flexibility index (Phi) is 1.00. The highest BCUT2D eigenvalue weighted by Gasteiger charge is 2.20. The molecule has 0 bridgehead atoms. The monoisotopic (exact) mass is 150 g/mol. The van der Waals surface area contributed by atoms with Crippen molar-refractivity contribution in [3.05, 3.63) is 24.4 Å². The quantitative estimate of drug-likeness (QED) is 0.489. The largest absolute Gasteiger partial charge is 0.339 e. The van der Waals surface area contributed by atoms with E-state index in [1.165, 1.54) is 6.33 Å². The fourth-order valence-corrected chi connectivity index (χ4v) is 0.936. The molecule has 0 atom stereocenters. The topological polar surface area (TPSA) is 69.8 Å². The zero-order valence-corrected chi connectivity index (χ0v) is 5.64. The number of anilines is 1. The molecule has 0 unspecified atom stereocenters. The number of carbonyl (C=O) groups excluding carboxylic acids is 1. The van der Waals surface area contributed by atoms with Crippen molar-refractivity contribution in [2.75, 3.05) is 5.32 Å². The van der Waals surface area contributed by atoms with E-state index in [0.29, 0.717) is 17.3 Å². The summed E-state index contributed by atoms with van der Waals surface area (Å²) in [6.07, 6.45) is 1.45. The summed E-state index contributed by atoms with van der Waals surface area (Å²) in [5.74, 6) is 0.773. The average molecular weight is 150 g/mol. The third-order valence-electron chi connectivity index (χ3n) is 1.40. The van der Waals surface area contributed by atoms with E-state index in [4.69, 9.17) is 0 Å². The van der Waals surface area contributed by atoms with Crippen molar-refractivity contribution in [1.29, 1.82) is 0 Å². The first-order chi connectivity index (χ1) is 5.27. The van der Waals surface area contributed by atoms with Crippen LogP contribution in [0.2, 0.25) is 0 Å². The smallest absolute Gasteiger partial charge is 0.277 e. The van der Waals surface area contributed by atoms with E-state index in [1.54, 1.807) is 0 Å². The maximum Gasteiger partial charge on any atom is 0.277 e. The Hall–Kier alpha value is -1.78. The van der Waals surface area contributed by atoms with Crippen molar-refractivity contribution < 1.29 is 4.79 Å². The molecule has 0 radical (unpaired) electrons. The molecule has 56 valence electrons. The van der Waals surface area contributed by atoms with Crippen molar-refractivity contribution in [3.63, 3.8) is 0 Å². The van der Waals surface area contributed by atoms with Crippen LogP contribution < -0.4 is 10.6 Å². The molecule has 0 saturated heterocycles. The van der Waals surface area contributed by atoms with Gasteiger partial charge in [-0.2, -0.15) is 0 Å². The molecule has 1 aliphatic heterocycles. The van der Waals surface area contributed by atoms with Gasteiger partial charge >= 0.3 is 0 Å². The van der Waals surface area contributed by atoms with Crippen LogP contribution in [0.15, 0.2) is 18.7 Å². The van der Waals surface area contributed by atoms with Gasteiger partial charge in [-0.05, 0) is 0 Å². The molecule has 1 aliphatic rings. The molecule has 3 N–H and O–H groups in total. The van der Waals surface area contributed by atoms with Gasteiger partial charge in [0, 0.05) is 0 Å². The molecule has 0 aromatic carbocycles. The van der Waals surface area contributed by atoms with Gasteiger partial charge in [-0.25, -0.2) is 4.98 Å². The number of aromatic nitrogens is 2. The Balaban J connectivity index is 2.52. The van der Waals surface area contributed by atoms with Crippen molar-refractivity contribution in [1.82, 2.24) is 15.3 Å². The van der Waals surface area contributed by atoms with Crippen LogP contribution in [-0.4, -0.2) is 15.9 Å². The summed E-state index contributed by atoms with van der Waals surface area (Å²) in [4.78, 5) is 17.6. The molecule has 1 aromatic rings. The van der Waals surface area contributed by atoms with Crippen LogP contribution in [0.5, 0.6) is 0 Å². The lowest BCUT2D eigenvalue weighted by Gasteiger charge is -2.14. The molecule has 5 heteroatoms. The Bertz CT molecular complexity index is 327. The van der Waals surface area contributed by atoms with Gasteiger partial charge in [-0.3, -0.25) is 4.79 Å². The minimum atomic E-state index is -0.207. The van der Waals surface area contributed by atoms with Crippen LogP contribution in [0.25, 0.3) is 0 Å². The van der Waals surface area contributed by atoms with E-state index in [2.05, 4.69) is 27.2 Å². The van der Waals surface area contributed by atoms with Gasteiger partial charge in [0.15, 0.2) is 5.82 Å². The number of rotatable bonds is 0. The van der Waals surface area contributed by atoms with E-state index in [1.807, 2.05) is 0 Å². The number of hydrogen-bond acceptors (Lipinski definition) is 3. The van der Waals surface area contributed by atoms with Crippen molar-refractivity contribution >= 4 is 11.7 Å². The summed E-state index contributed by atoms with van der Waals surface area (Å²) in [7, 11) is 0. The van der Waals surface area contributed by atoms with Crippen LogP contribution in [0.3, 0.4) is 0 Å². The van der Waals surface area contributed by atoms with E-state index < -0.39 is 0 Å². The highest BCUT2D eigenvalue weighted by Crippen LogP contribution is 2.14. The van der Waals surface area contributed by atoms with Crippen molar-refractivity contribution in [2.45, 2.75) is 0 Å². The maximum absolute atomic E-state index is 11.1. The standard InChI is InChI=1S/C6H6N4O/c1-3-9-5-4(6(11)10-3)7-2-8-5/h2,9H,1H2,(H,7,8)(H,10,11). The summed E-state index contributed by atoms with van der Waals surface area (Å²) in [6, 6.07) is 0. The minimum absolute atomic E-state index is 0.207. The summed E-state index contributed by atoms with van der Waals surface area (Å²) in [5.41, 5.74) is 0.442. The fourth-order valence-electron chi connectivity index (χ4n) is 0.936. The van der Waals surface area contributed by atoms with Crippen LogP contribution in [0.4, 0.5) is 5.82 Å². The molecule has 0 aliphatic carbocycles. The van der Waals surface area contributed by atoms with E-state index >= 15 is 0 Å². The second kappa shape index (κ2) is 1.85. The summed E-state index contributed by atoms with van der Waals surface area (Å²) < 4.78 is 0. The SMILES string of the molecule is C=C1NC(=O)c2[nH]cnc2N1. The molecule has 1 aromatic heterocycles. The fraction of sp³-hybridized carbons (Fsp3) is 0. The van der Waals surface area contributed by atoms with E-state index in [-0.39, 0.29) is 5.91 Å². The first kappa shape index (κ1) is 5.96.